The summed E-state index contributed by atoms with van der Waals surface area (Å²) in [4.78, 5) is 4.50. The smallest absolute Gasteiger partial charge is 0.152 e. The molecule has 4 rings (SSSR count). The fraction of sp³-hybridized carbons (Fsp3) is 0.158. The molecule has 0 unspecified atom stereocenters. The topological polar surface area (TPSA) is 53.6 Å². The highest BCUT2D eigenvalue weighted by Crippen LogP contribution is 2.40. The van der Waals surface area contributed by atoms with E-state index in [1.165, 1.54) is 18.5 Å². The van der Waals surface area contributed by atoms with Gasteiger partial charge in [0.25, 0.3) is 0 Å². The van der Waals surface area contributed by atoms with Crippen LogP contribution in [0.1, 0.15) is 30.0 Å². The van der Waals surface area contributed by atoms with Gasteiger partial charge in [-0.25, -0.2) is 0 Å². The van der Waals surface area contributed by atoms with Gasteiger partial charge < -0.3 is 5.32 Å². The van der Waals surface area contributed by atoms with Crippen molar-refractivity contribution in [3.05, 3.63) is 66.5 Å². The van der Waals surface area contributed by atoms with Gasteiger partial charge in [-0.2, -0.15) is 5.10 Å². The summed E-state index contributed by atoms with van der Waals surface area (Å²) in [5.74, 6) is 1.41. The van der Waals surface area contributed by atoms with Gasteiger partial charge in [0.05, 0.1) is 11.4 Å². The van der Waals surface area contributed by atoms with Crippen LogP contribution in [-0.4, -0.2) is 15.2 Å². The lowest BCUT2D eigenvalue weighted by molar-refractivity contribution is 0.967. The van der Waals surface area contributed by atoms with Crippen LogP contribution in [0.5, 0.6) is 0 Å². The summed E-state index contributed by atoms with van der Waals surface area (Å²) < 4.78 is 0. The zero-order valence-corrected chi connectivity index (χ0v) is 13.8. The van der Waals surface area contributed by atoms with Gasteiger partial charge in [-0.3, -0.25) is 10.1 Å². The van der Waals surface area contributed by atoms with Gasteiger partial charge in [0.15, 0.2) is 5.82 Å². The maximum absolute atomic E-state index is 6.14. The molecule has 0 saturated heterocycles. The summed E-state index contributed by atoms with van der Waals surface area (Å²) in [7, 11) is 0. The van der Waals surface area contributed by atoms with Gasteiger partial charge in [-0.05, 0) is 18.9 Å². The third-order valence-electron chi connectivity index (χ3n) is 4.14. The van der Waals surface area contributed by atoms with Crippen molar-refractivity contribution in [1.29, 1.82) is 0 Å². The van der Waals surface area contributed by atoms with Crippen LogP contribution in [0.2, 0.25) is 0 Å². The van der Waals surface area contributed by atoms with Gasteiger partial charge in [-0.1, -0.05) is 48.5 Å². The normalized spacial score (nSPS) is 13.7. The number of H-pyrrole nitrogens is 1. The quantitative estimate of drug-likeness (QED) is 0.664. The number of hydrogen-bond donors (Lipinski definition) is 2. The second kappa shape index (κ2) is 6.13. The number of nitrogens with zero attached hydrogens (tertiary/aromatic N) is 2. The Hall–Kier alpha value is -2.59. The van der Waals surface area contributed by atoms with Crippen molar-refractivity contribution >= 4 is 28.1 Å². The molecule has 0 bridgehead atoms. The van der Waals surface area contributed by atoms with Crippen molar-refractivity contribution in [1.82, 2.24) is 15.2 Å². The Labute approximate surface area is 145 Å². The summed E-state index contributed by atoms with van der Waals surface area (Å²) >= 11 is 6.14. The molecule has 2 heterocycles. The third-order valence-corrected chi connectivity index (χ3v) is 4.35. The summed E-state index contributed by atoms with van der Waals surface area (Å²) in [6, 6.07) is 14.1. The van der Waals surface area contributed by atoms with Crippen LogP contribution < -0.4 is 5.32 Å². The van der Waals surface area contributed by atoms with Gasteiger partial charge in [0.2, 0.25) is 0 Å². The van der Waals surface area contributed by atoms with Gasteiger partial charge in [0, 0.05) is 40.0 Å². The van der Waals surface area contributed by atoms with E-state index in [1.807, 2.05) is 36.4 Å². The molecule has 1 fully saturated rings. The molecular weight excluding hydrogens is 320 g/mol. The van der Waals surface area contributed by atoms with E-state index in [1.54, 1.807) is 6.20 Å². The Bertz CT molecular complexity index is 881. The van der Waals surface area contributed by atoms with Crippen LogP contribution in [-0.2, 0) is 0 Å². The first kappa shape index (κ1) is 15.0. The number of hydrogen-bond acceptors (Lipinski definition) is 3. The highest BCUT2D eigenvalue weighted by Gasteiger charge is 2.25. The average Bonchev–Trinajstić information content (AvgIpc) is 3.35. The second-order valence-electron chi connectivity index (χ2n) is 5.99. The summed E-state index contributed by atoms with van der Waals surface area (Å²) in [6.45, 7) is 3.83. The van der Waals surface area contributed by atoms with Crippen molar-refractivity contribution < 1.29 is 0 Å². The Morgan fingerprint density at radius 3 is 2.71 bits per heavy atom. The van der Waals surface area contributed by atoms with Crippen molar-refractivity contribution in [2.24, 2.45) is 0 Å². The summed E-state index contributed by atoms with van der Waals surface area (Å²) in [5.41, 5.74) is 4.72. The van der Waals surface area contributed by atoms with Crippen molar-refractivity contribution in [2.45, 2.75) is 18.8 Å². The van der Waals surface area contributed by atoms with Crippen molar-refractivity contribution in [3.8, 4) is 11.3 Å². The van der Waals surface area contributed by atoms with Gasteiger partial charge in [-0.15, -0.1) is 0 Å². The number of halogens is 1. The van der Waals surface area contributed by atoms with Crippen LogP contribution in [0.3, 0.4) is 0 Å². The number of aromatic amines is 1. The summed E-state index contributed by atoms with van der Waals surface area (Å²) in [6.07, 6.45) is 4.21. The first-order valence-corrected chi connectivity index (χ1v) is 8.31. The maximum Gasteiger partial charge on any atom is 0.152 e. The van der Waals surface area contributed by atoms with Gasteiger partial charge >= 0.3 is 0 Å². The molecule has 3 aromatic rings. The van der Waals surface area contributed by atoms with E-state index in [9.17, 15) is 0 Å². The molecule has 1 aliphatic rings. The molecule has 1 aliphatic carbocycles. The molecule has 1 aromatic carbocycles. The zero-order valence-electron chi connectivity index (χ0n) is 13.1. The van der Waals surface area contributed by atoms with Crippen molar-refractivity contribution in [3.63, 3.8) is 0 Å². The number of pyridine rings is 1. The second-order valence-corrected chi connectivity index (χ2v) is 6.45. The van der Waals surface area contributed by atoms with E-state index in [4.69, 9.17) is 11.6 Å². The number of benzene rings is 1. The van der Waals surface area contributed by atoms with E-state index in [2.05, 4.69) is 33.1 Å². The van der Waals surface area contributed by atoms with E-state index < -0.39 is 0 Å². The molecule has 0 spiro atoms. The first-order chi connectivity index (χ1) is 11.7. The van der Waals surface area contributed by atoms with Crippen LogP contribution in [0.15, 0.2) is 55.2 Å². The minimum Gasteiger partial charge on any atom is -0.338 e. The molecule has 5 heteroatoms. The van der Waals surface area contributed by atoms with Crippen LogP contribution in [0.25, 0.3) is 16.3 Å². The predicted octanol–water partition coefficient (Wildman–Crippen LogP) is 5.30. The molecule has 0 atom stereocenters. The van der Waals surface area contributed by atoms with Gasteiger partial charge in [0.1, 0.15) is 0 Å². The first-order valence-electron chi connectivity index (χ1n) is 7.93. The predicted molar refractivity (Wildman–Crippen MR) is 98.4 cm³/mol. The maximum atomic E-state index is 6.14. The fourth-order valence-corrected chi connectivity index (χ4v) is 2.83. The molecule has 0 aliphatic heterocycles. The van der Waals surface area contributed by atoms with Crippen molar-refractivity contribution in [2.75, 3.05) is 5.32 Å². The van der Waals surface area contributed by atoms with E-state index in [-0.39, 0.29) is 0 Å². The molecular formula is C19H17ClN4. The molecule has 0 radical (unpaired) electrons. The minimum absolute atomic E-state index is 0.447. The lowest BCUT2D eigenvalue weighted by Crippen LogP contribution is -1.97. The number of aromatic nitrogens is 3. The molecule has 1 saturated carbocycles. The Kier molecular flexibility index (Phi) is 3.82. The van der Waals surface area contributed by atoms with E-state index in [0.29, 0.717) is 11.0 Å². The van der Waals surface area contributed by atoms with Crippen LogP contribution in [0.4, 0.5) is 11.5 Å². The highest BCUT2D eigenvalue weighted by molar-refractivity contribution is 6.48. The average molecular weight is 337 g/mol. The zero-order chi connectivity index (χ0) is 16.5. The SMILES string of the molecule is C=C(Cl)c1cnc(-c2ccccc2)cc1Nc1cc(C2CC2)[nH]n1. The Morgan fingerprint density at radius 2 is 2.00 bits per heavy atom. The Balaban J connectivity index is 1.69. The monoisotopic (exact) mass is 336 g/mol. The highest BCUT2D eigenvalue weighted by atomic mass is 35.5. The lowest BCUT2D eigenvalue weighted by atomic mass is 10.1. The molecule has 4 nitrogen and oxygen atoms in total. The Morgan fingerprint density at radius 1 is 1.21 bits per heavy atom. The fourth-order valence-electron chi connectivity index (χ4n) is 2.68. The standard InChI is InChI=1S/C19H17ClN4/c1-12(20)15-11-21-16(13-5-3-2-4-6-13)9-18(15)22-19-10-17(23-24-19)14-7-8-14/h2-6,9-11,14H,1,7-8H2,(H2,21,22,23,24). The number of anilines is 2. The third kappa shape index (κ3) is 3.05. The molecule has 24 heavy (non-hydrogen) atoms. The molecule has 120 valence electrons. The molecule has 0 amide bonds. The lowest BCUT2D eigenvalue weighted by Gasteiger charge is -2.11. The largest absolute Gasteiger partial charge is 0.338 e. The number of nitrogens with one attached hydrogen (secondary N) is 2. The van der Waals surface area contributed by atoms with Crippen LogP contribution in [0, 0.1) is 0 Å². The molecule has 2 aromatic heterocycles. The number of rotatable bonds is 5. The van der Waals surface area contributed by atoms with E-state index in [0.717, 1.165) is 28.3 Å². The van der Waals surface area contributed by atoms with Crippen LogP contribution >= 0.6 is 11.6 Å². The van der Waals surface area contributed by atoms with E-state index >= 15 is 0 Å². The summed E-state index contributed by atoms with van der Waals surface area (Å²) in [5, 5.41) is 11.2. The minimum atomic E-state index is 0.447. The molecule has 2 N–H and O–H groups in total.